The highest BCUT2D eigenvalue weighted by atomic mass is 16.3. The molecule has 25 heavy (non-hydrogen) atoms. The van der Waals surface area contributed by atoms with Crippen molar-refractivity contribution in [3.8, 4) is 0 Å². The Balaban J connectivity index is 1.93. The molecule has 0 spiro atoms. The van der Waals surface area contributed by atoms with Crippen LogP contribution in [0.3, 0.4) is 0 Å². The van der Waals surface area contributed by atoms with Crippen LogP contribution in [0.5, 0.6) is 0 Å². The Morgan fingerprint density at radius 3 is 1.40 bits per heavy atom. The van der Waals surface area contributed by atoms with E-state index in [9.17, 15) is 5.11 Å². The summed E-state index contributed by atoms with van der Waals surface area (Å²) in [6, 6.07) is 30.9. The van der Waals surface area contributed by atoms with Gasteiger partial charge in [0.1, 0.15) is 0 Å². The van der Waals surface area contributed by atoms with Crippen molar-refractivity contribution in [1.82, 2.24) is 4.90 Å². The maximum atomic E-state index is 10.9. The normalized spacial score (nSPS) is 13.8. The number of hydrogen-bond donors (Lipinski definition) is 1. The zero-order chi connectivity index (χ0) is 17.6. The van der Waals surface area contributed by atoms with E-state index in [2.05, 4.69) is 67.4 Å². The Morgan fingerprint density at radius 1 is 0.640 bits per heavy atom. The molecule has 0 fully saturated rings. The van der Waals surface area contributed by atoms with Crippen molar-refractivity contribution in [1.29, 1.82) is 0 Å². The quantitative estimate of drug-likeness (QED) is 0.699. The Kier molecular flexibility index (Phi) is 5.64. The van der Waals surface area contributed by atoms with Crippen LogP contribution in [0.4, 0.5) is 0 Å². The Bertz CT molecular complexity index is 718. The number of nitrogens with zero attached hydrogens (tertiary/aromatic N) is 1. The van der Waals surface area contributed by atoms with E-state index >= 15 is 0 Å². The van der Waals surface area contributed by atoms with Gasteiger partial charge in [-0.05, 0) is 30.7 Å². The highest BCUT2D eigenvalue weighted by molar-refractivity contribution is 5.32. The van der Waals surface area contributed by atoms with E-state index in [1.54, 1.807) is 0 Å². The second kappa shape index (κ2) is 8.11. The molecule has 0 aliphatic rings. The van der Waals surface area contributed by atoms with Crippen molar-refractivity contribution < 1.29 is 5.11 Å². The summed E-state index contributed by atoms with van der Waals surface area (Å²) in [6.07, 6.45) is -0.541. The minimum atomic E-state index is -0.541. The van der Waals surface area contributed by atoms with Crippen LogP contribution in [0.2, 0.25) is 0 Å². The van der Waals surface area contributed by atoms with Gasteiger partial charge in [-0.3, -0.25) is 4.90 Å². The largest absolute Gasteiger partial charge is 0.387 e. The zero-order valence-electron chi connectivity index (χ0n) is 14.8. The Morgan fingerprint density at radius 2 is 1.00 bits per heavy atom. The van der Waals surface area contributed by atoms with Gasteiger partial charge in [0, 0.05) is 6.04 Å². The van der Waals surface area contributed by atoms with Crippen molar-refractivity contribution in [3.63, 3.8) is 0 Å². The third-order valence-corrected chi connectivity index (χ3v) is 4.88. The first-order valence-corrected chi connectivity index (χ1v) is 8.73. The lowest BCUT2D eigenvalue weighted by molar-refractivity contribution is 0.0575. The van der Waals surface area contributed by atoms with Crippen molar-refractivity contribution in [2.24, 2.45) is 0 Å². The number of likely N-dealkylation sites (N-methyl/N-ethyl adjacent to an activating group) is 1. The molecule has 0 aromatic heterocycles. The van der Waals surface area contributed by atoms with E-state index in [-0.39, 0.29) is 12.1 Å². The van der Waals surface area contributed by atoms with Gasteiger partial charge in [0.15, 0.2) is 0 Å². The zero-order valence-corrected chi connectivity index (χ0v) is 14.8. The molecule has 0 bridgehead atoms. The van der Waals surface area contributed by atoms with Gasteiger partial charge in [-0.2, -0.15) is 0 Å². The maximum absolute atomic E-state index is 10.9. The molecule has 2 atom stereocenters. The summed E-state index contributed by atoms with van der Waals surface area (Å²) in [5.41, 5.74) is 3.40. The van der Waals surface area contributed by atoms with Crippen LogP contribution in [-0.2, 0) is 0 Å². The molecule has 2 nitrogen and oxygen atoms in total. The molecule has 0 saturated carbocycles. The molecule has 1 N–H and O–H groups in total. The molecule has 0 radical (unpaired) electrons. The van der Waals surface area contributed by atoms with Gasteiger partial charge in [-0.1, -0.05) is 91.0 Å². The molecule has 3 aromatic carbocycles. The summed E-state index contributed by atoms with van der Waals surface area (Å²) in [6.45, 7) is 2.08. The third kappa shape index (κ3) is 3.98. The van der Waals surface area contributed by atoms with Crippen molar-refractivity contribution in [3.05, 3.63) is 108 Å². The van der Waals surface area contributed by atoms with Gasteiger partial charge in [0.05, 0.1) is 12.1 Å². The van der Waals surface area contributed by atoms with Gasteiger partial charge in [0.2, 0.25) is 0 Å². The first-order valence-electron chi connectivity index (χ1n) is 8.73. The smallest absolute Gasteiger partial charge is 0.0942 e. The van der Waals surface area contributed by atoms with E-state index in [4.69, 9.17) is 0 Å². The molecule has 128 valence electrons. The van der Waals surface area contributed by atoms with Crippen LogP contribution >= 0.6 is 0 Å². The first-order chi connectivity index (χ1) is 12.2. The van der Waals surface area contributed by atoms with E-state index in [0.29, 0.717) is 0 Å². The lowest BCUT2D eigenvalue weighted by atomic mass is 9.94. The average Bonchev–Trinajstić information content (AvgIpc) is 2.69. The molecule has 2 heteroatoms. The summed E-state index contributed by atoms with van der Waals surface area (Å²) >= 11 is 0. The molecule has 0 aliphatic heterocycles. The summed E-state index contributed by atoms with van der Waals surface area (Å²) in [5.74, 6) is 0. The summed E-state index contributed by atoms with van der Waals surface area (Å²) in [7, 11) is 2.08. The molecular formula is C23H25NO. The first kappa shape index (κ1) is 17.4. The fourth-order valence-corrected chi connectivity index (χ4v) is 3.32. The Labute approximate surface area is 150 Å². The molecule has 0 heterocycles. The van der Waals surface area contributed by atoms with Crippen LogP contribution in [0.25, 0.3) is 0 Å². The fourth-order valence-electron chi connectivity index (χ4n) is 3.32. The standard InChI is InChI=1S/C23H25NO/c1-18(23(25)21-16-10-5-11-17-21)24(2)22(19-12-6-3-7-13-19)20-14-8-4-9-15-20/h3-18,22-23,25H,1-2H3/t18-,23-/m0/s1. The number of aliphatic hydroxyl groups is 1. The van der Waals surface area contributed by atoms with Crippen molar-refractivity contribution >= 4 is 0 Å². The van der Waals surface area contributed by atoms with Crippen molar-refractivity contribution in [2.75, 3.05) is 7.05 Å². The molecular weight excluding hydrogens is 306 g/mol. The lowest BCUT2D eigenvalue weighted by Crippen LogP contribution is -2.37. The van der Waals surface area contributed by atoms with Crippen LogP contribution in [0.1, 0.15) is 35.8 Å². The number of benzene rings is 3. The third-order valence-electron chi connectivity index (χ3n) is 4.88. The van der Waals surface area contributed by atoms with E-state index in [1.807, 2.05) is 42.5 Å². The predicted molar refractivity (Wildman–Crippen MR) is 103 cm³/mol. The van der Waals surface area contributed by atoms with E-state index < -0.39 is 6.10 Å². The van der Waals surface area contributed by atoms with Crippen LogP contribution < -0.4 is 0 Å². The minimum Gasteiger partial charge on any atom is -0.387 e. The molecule has 0 unspecified atom stereocenters. The summed E-state index contributed by atoms with van der Waals surface area (Å²) < 4.78 is 0. The number of hydrogen-bond acceptors (Lipinski definition) is 2. The highest BCUT2D eigenvalue weighted by Gasteiger charge is 2.28. The number of aliphatic hydroxyl groups excluding tert-OH is 1. The van der Waals surface area contributed by atoms with Crippen LogP contribution in [-0.4, -0.2) is 23.1 Å². The van der Waals surface area contributed by atoms with Gasteiger partial charge in [-0.25, -0.2) is 0 Å². The minimum absolute atomic E-state index is 0.0344. The topological polar surface area (TPSA) is 23.5 Å². The maximum Gasteiger partial charge on any atom is 0.0942 e. The SMILES string of the molecule is C[C@@H]([C@H](O)c1ccccc1)N(C)C(c1ccccc1)c1ccccc1. The van der Waals surface area contributed by atoms with Gasteiger partial charge in [0.25, 0.3) is 0 Å². The molecule has 3 aromatic rings. The monoisotopic (exact) mass is 331 g/mol. The molecule has 3 rings (SSSR count). The van der Waals surface area contributed by atoms with Gasteiger partial charge in [-0.15, -0.1) is 0 Å². The van der Waals surface area contributed by atoms with E-state index in [0.717, 1.165) is 5.56 Å². The van der Waals surface area contributed by atoms with Crippen LogP contribution in [0, 0.1) is 0 Å². The average molecular weight is 331 g/mol. The van der Waals surface area contributed by atoms with Gasteiger partial charge < -0.3 is 5.11 Å². The lowest BCUT2D eigenvalue weighted by Gasteiger charge is -2.36. The molecule has 0 aliphatic carbocycles. The Hall–Kier alpha value is -2.42. The molecule has 0 amide bonds. The van der Waals surface area contributed by atoms with E-state index in [1.165, 1.54) is 11.1 Å². The number of rotatable bonds is 6. The second-order valence-corrected chi connectivity index (χ2v) is 6.49. The highest BCUT2D eigenvalue weighted by Crippen LogP contribution is 2.32. The van der Waals surface area contributed by atoms with Gasteiger partial charge >= 0.3 is 0 Å². The molecule has 0 saturated heterocycles. The van der Waals surface area contributed by atoms with Crippen molar-refractivity contribution in [2.45, 2.75) is 25.1 Å². The second-order valence-electron chi connectivity index (χ2n) is 6.49. The summed E-state index contributed by atoms with van der Waals surface area (Å²) in [5, 5.41) is 10.9. The fraction of sp³-hybridized carbons (Fsp3) is 0.217. The summed E-state index contributed by atoms with van der Waals surface area (Å²) in [4.78, 5) is 2.25. The predicted octanol–water partition coefficient (Wildman–Crippen LogP) is 4.83. The van der Waals surface area contributed by atoms with Crippen LogP contribution in [0.15, 0.2) is 91.0 Å².